The van der Waals surface area contributed by atoms with E-state index in [9.17, 15) is 0 Å². The van der Waals surface area contributed by atoms with Gasteiger partial charge in [-0.3, -0.25) is 0 Å². The molecule has 1 aliphatic heterocycles. The molecule has 1 atom stereocenters. The fraction of sp³-hybridized carbons (Fsp3) is 0.467. The van der Waals surface area contributed by atoms with E-state index in [1.165, 1.54) is 19.3 Å². The van der Waals surface area contributed by atoms with E-state index in [4.69, 9.17) is 10.5 Å². The number of nitrogens with two attached hydrogens (primary N) is 1. The Morgan fingerprint density at radius 2 is 2.25 bits per heavy atom. The second-order valence-corrected chi connectivity index (χ2v) is 5.20. The lowest BCUT2D eigenvalue weighted by atomic mass is 10.1. The summed E-state index contributed by atoms with van der Waals surface area (Å²) in [5.74, 6) is 0.845. The van der Waals surface area contributed by atoms with Crippen LogP contribution in [-0.2, 0) is 4.74 Å². The molecule has 1 saturated heterocycles. The third-order valence-corrected chi connectivity index (χ3v) is 3.69. The van der Waals surface area contributed by atoms with Gasteiger partial charge in [0.05, 0.1) is 11.6 Å². The second-order valence-electron chi connectivity index (χ2n) is 5.20. The molecule has 0 saturated carbocycles. The van der Waals surface area contributed by atoms with Gasteiger partial charge in [-0.15, -0.1) is 0 Å². The van der Waals surface area contributed by atoms with Crippen LogP contribution >= 0.6 is 0 Å². The molecule has 0 amide bonds. The maximum atomic E-state index is 5.84. The molecule has 20 heavy (non-hydrogen) atoms. The van der Waals surface area contributed by atoms with Crippen LogP contribution in [0.15, 0.2) is 24.5 Å². The molecule has 0 radical (unpaired) electrons. The lowest BCUT2D eigenvalue weighted by Crippen LogP contribution is -2.22. The van der Waals surface area contributed by atoms with E-state index in [0.717, 1.165) is 42.0 Å². The predicted octanol–water partition coefficient (Wildman–Crippen LogP) is 2.58. The van der Waals surface area contributed by atoms with Crippen molar-refractivity contribution in [3.05, 3.63) is 24.5 Å². The van der Waals surface area contributed by atoms with Gasteiger partial charge in [-0.2, -0.15) is 0 Å². The molecule has 0 aliphatic carbocycles. The molecule has 1 aromatic carbocycles. The summed E-state index contributed by atoms with van der Waals surface area (Å²) in [7, 11) is 0. The summed E-state index contributed by atoms with van der Waals surface area (Å²) in [6.45, 7) is 1.75. The number of benzene rings is 1. The Hall–Kier alpha value is -1.88. The molecular formula is C15H20N4O. The van der Waals surface area contributed by atoms with Gasteiger partial charge in [0.1, 0.15) is 12.1 Å². The maximum absolute atomic E-state index is 5.84. The first-order valence-corrected chi connectivity index (χ1v) is 7.18. The van der Waals surface area contributed by atoms with Crippen LogP contribution in [0.1, 0.15) is 25.7 Å². The smallest absolute Gasteiger partial charge is 0.137 e. The van der Waals surface area contributed by atoms with Gasteiger partial charge in [0.15, 0.2) is 0 Å². The zero-order chi connectivity index (χ0) is 13.8. The van der Waals surface area contributed by atoms with Crippen LogP contribution in [0, 0.1) is 0 Å². The average Bonchev–Trinajstić information content (AvgIpc) is 2.49. The zero-order valence-corrected chi connectivity index (χ0v) is 11.5. The first kappa shape index (κ1) is 13.1. The van der Waals surface area contributed by atoms with E-state index < -0.39 is 0 Å². The summed E-state index contributed by atoms with van der Waals surface area (Å²) < 4.78 is 5.73. The summed E-state index contributed by atoms with van der Waals surface area (Å²) in [5.41, 5.74) is 7.47. The number of rotatable bonds is 4. The predicted molar refractivity (Wildman–Crippen MR) is 80.6 cm³/mol. The van der Waals surface area contributed by atoms with Crippen molar-refractivity contribution in [1.82, 2.24) is 9.97 Å². The highest BCUT2D eigenvalue weighted by molar-refractivity contribution is 5.91. The van der Waals surface area contributed by atoms with Crippen molar-refractivity contribution in [3.63, 3.8) is 0 Å². The third-order valence-electron chi connectivity index (χ3n) is 3.69. The number of nitrogen functional groups attached to an aromatic ring is 1. The molecule has 5 nitrogen and oxygen atoms in total. The minimum absolute atomic E-state index is 0.384. The van der Waals surface area contributed by atoms with Crippen molar-refractivity contribution in [1.29, 1.82) is 0 Å². The maximum Gasteiger partial charge on any atom is 0.137 e. The van der Waals surface area contributed by atoms with Crippen LogP contribution in [0.2, 0.25) is 0 Å². The molecule has 3 N–H and O–H groups in total. The monoisotopic (exact) mass is 272 g/mol. The van der Waals surface area contributed by atoms with Crippen molar-refractivity contribution in [2.24, 2.45) is 0 Å². The Morgan fingerprint density at radius 3 is 3.10 bits per heavy atom. The highest BCUT2D eigenvalue weighted by atomic mass is 16.5. The molecule has 1 aliphatic rings. The Labute approximate surface area is 118 Å². The summed E-state index contributed by atoms with van der Waals surface area (Å²) in [4.78, 5) is 8.56. The number of hydrogen-bond donors (Lipinski definition) is 2. The van der Waals surface area contributed by atoms with Crippen molar-refractivity contribution in [3.8, 4) is 0 Å². The van der Waals surface area contributed by atoms with Crippen LogP contribution in [0.25, 0.3) is 10.9 Å². The van der Waals surface area contributed by atoms with Crippen molar-refractivity contribution < 1.29 is 4.74 Å². The normalized spacial score (nSPS) is 19.1. The number of fused-ring (bicyclic) bond motifs is 1. The number of aromatic nitrogens is 2. The first-order chi connectivity index (χ1) is 9.83. The first-order valence-electron chi connectivity index (χ1n) is 7.18. The van der Waals surface area contributed by atoms with Crippen LogP contribution in [-0.4, -0.2) is 29.2 Å². The molecular weight excluding hydrogens is 252 g/mol. The van der Waals surface area contributed by atoms with E-state index in [2.05, 4.69) is 15.3 Å². The summed E-state index contributed by atoms with van der Waals surface area (Å²) in [6, 6.07) is 5.69. The van der Waals surface area contributed by atoms with Crippen LogP contribution in [0.5, 0.6) is 0 Å². The SMILES string of the molecule is Nc1ccc2ncnc(NCCC3CCCCO3)c2c1. The molecule has 3 rings (SSSR count). The number of hydrogen-bond acceptors (Lipinski definition) is 5. The number of nitrogens with zero attached hydrogens (tertiary/aromatic N) is 2. The van der Waals surface area contributed by atoms with E-state index in [1.54, 1.807) is 6.33 Å². The highest BCUT2D eigenvalue weighted by Crippen LogP contribution is 2.22. The van der Waals surface area contributed by atoms with Gasteiger partial charge in [-0.25, -0.2) is 9.97 Å². The summed E-state index contributed by atoms with van der Waals surface area (Å²) in [5, 5.41) is 4.35. The fourth-order valence-electron chi connectivity index (χ4n) is 2.60. The van der Waals surface area contributed by atoms with E-state index in [1.807, 2.05) is 18.2 Å². The minimum atomic E-state index is 0.384. The molecule has 2 aromatic rings. The van der Waals surface area contributed by atoms with Gasteiger partial charge in [0, 0.05) is 24.2 Å². The Kier molecular flexibility index (Phi) is 3.97. The molecule has 1 aromatic heterocycles. The van der Waals surface area contributed by atoms with Gasteiger partial charge in [0.2, 0.25) is 0 Å². The van der Waals surface area contributed by atoms with Crippen molar-refractivity contribution >= 4 is 22.4 Å². The molecule has 1 fully saturated rings. The van der Waals surface area contributed by atoms with Crippen LogP contribution in [0.4, 0.5) is 11.5 Å². The van der Waals surface area contributed by atoms with Gasteiger partial charge >= 0.3 is 0 Å². The van der Waals surface area contributed by atoms with Gasteiger partial charge in [-0.1, -0.05) is 0 Å². The molecule has 0 bridgehead atoms. The van der Waals surface area contributed by atoms with Gasteiger partial charge in [-0.05, 0) is 43.9 Å². The summed E-state index contributed by atoms with van der Waals surface area (Å²) in [6.07, 6.45) is 6.61. The average molecular weight is 272 g/mol. The Morgan fingerprint density at radius 1 is 1.30 bits per heavy atom. The second kappa shape index (κ2) is 6.05. The number of nitrogens with one attached hydrogen (secondary N) is 1. The standard InChI is InChI=1S/C15H20N4O/c16-11-4-5-14-13(9-11)15(19-10-18-14)17-7-6-12-3-1-2-8-20-12/h4-5,9-10,12H,1-3,6-8,16H2,(H,17,18,19). The van der Waals surface area contributed by atoms with Crippen molar-refractivity contribution in [2.75, 3.05) is 24.2 Å². The number of anilines is 2. The van der Waals surface area contributed by atoms with Gasteiger partial charge in [0.25, 0.3) is 0 Å². The van der Waals surface area contributed by atoms with E-state index in [0.29, 0.717) is 6.10 Å². The van der Waals surface area contributed by atoms with Crippen LogP contribution in [0.3, 0.4) is 0 Å². The molecule has 5 heteroatoms. The largest absolute Gasteiger partial charge is 0.399 e. The minimum Gasteiger partial charge on any atom is -0.399 e. The quantitative estimate of drug-likeness (QED) is 0.837. The lowest BCUT2D eigenvalue weighted by Gasteiger charge is -2.22. The van der Waals surface area contributed by atoms with Crippen LogP contribution < -0.4 is 11.1 Å². The Balaban J connectivity index is 1.66. The molecule has 106 valence electrons. The highest BCUT2D eigenvalue weighted by Gasteiger charge is 2.13. The fourth-order valence-corrected chi connectivity index (χ4v) is 2.60. The zero-order valence-electron chi connectivity index (χ0n) is 11.5. The molecule has 0 spiro atoms. The molecule has 1 unspecified atom stereocenters. The number of ether oxygens (including phenoxy) is 1. The topological polar surface area (TPSA) is 73.1 Å². The van der Waals surface area contributed by atoms with Gasteiger partial charge < -0.3 is 15.8 Å². The van der Waals surface area contributed by atoms with E-state index >= 15 is 0 Å². The Bertz CT molecular complexity index is 581. The summed E-state index contributed by atoms with van der Waals surface area (Å²) >= 11 is 0. The molecule has 2 heterocycles. The third kappa shape index (κ3) is 2.99. The van der Waals surface area contributed by atoms with Crippen molar-refractivity contribution in [2.45, 2.75) is 31.8 Å². The van der Waals surface area contributed by atoms with E-state index in [-0.39, 0.29) is 0 Å². The lowest BCUT2D eigenvalue weighted by molar-refractivity contribution is 0.0134.